The molecule has 0 radical (unpaired) electrons. The number of benzene rings is 1. The van der Waals surface area contributed by atoms with E-state index in [1.54, 1.807) is 30.0 Å². The van der Waals surface area contributed by atoms with Gasteiger partial charge in [-0.2, -0.15) is 5.10 Å². The summed E-state index contributed by atoms with van der Waals surface area (Å²) in [4.78, 5) is 24.5. The zero-order chi connectivity index (χ0) is 17.1. The zero-order valence-electron chi connectivity index (χ0n) is 13.5. The first-order valence-electron chi connectivity index (χ1n) is 7.06. The second-order valence-corrected chi connectivity index (χ2v) is 5.21. The molecule has 0 aliphatic carbocycles. The van der Waals surface area contributed by atoms with E-state index in [0.717, 1.165) is 22.0 Å². The summed E-state index contributed by atoms with van der Waals surface area (Å²) >= 11 is 0. The maximum Gasteiger partial charge on any atom is 0.326 e. The van der Waals surface area contributed by atoms with Gasteiger partial charge in [-0.05, 0) is 44.2 Å². The van der Waals surface area contributed by atoms with E-state index in [2.05, 4.69) is 5.10 Å². The number of nitrogens with zero attached hydrogens (tertiary/aromatic N) is 3. The summed E-state index contributed by atoms with van der Waals surface area (Å²) in [6.07, 6.45) is 0. The van der Waals surface area contributed by atoms with Crippen LogP contribution in [0.15, 0.2) is 30.3 Å². The van der Waals surface area contributed by atoms with Crippen molar-refractivity contribution in [2.45, 2.75) is 19.9 Å². The summed E-state index contributed by atoms with van der Waals surface area (Å²) in [7, 11) is 3.03. The van der Waals surface area contributed by atoms with E-state index in [-0.39, 0.29) is 5.69 Å². The third-order valence-electron chi connectivity index (χ3n) is 3.68. The molecule has 0 bridgehead atoms. The Morgan fingerprint density at radius 3 is 2.43 bits per heavy atom. The molecule has 2 aromatic rings. The number of carboxylic acid groups (broad SMARTS) is 1. The summed E-state index contributed by atoms with van der Waals surface area (Å²) in [5.74, 6) is -0.771. The van der Waals surface area contributed by atoms with Crippen LogP contribution in [0.25, 0.3) is 5.69 Å². The van der Waals surface area contributed by atoms with E-state index in [9.17, 15) is 9.59 Å². The van der Waals surface area contributed by atoms with Gasteiger partial charge < -0.3 is 14.7 Å². The quantitative estimate of drug-likeness (QED) is 0.908. The fourth-order valence-electron chi connectivity index (χ4n) is 2.09. The minimum absolute atomic E-state index is 0.203. The molecule has 0 aliphatic heterocycles. The minimum atomic E-state index is -1.06. The molecule has 2 rings (SSSR count). The van der Waals surface area contributed by atoms with Gasteiger partial charge in [0.2, 0.25) is 0 Å². The zero-order valence-corrected chi connectivity index (χ0v) is 13.5. The third kappa shape index (κ3) is 3.33. The van der Waals surface area contributed by atoms with Gasteiger partial charge >= 0.3 is 5.97 Å². The average Bonchev–Trinajstić information content (AvgIpc) is 2.94. The monoisotopic (exact) mass is 317 g/mol. The summed E-state index contributed by atoms with van der Waals surface area (Å²) in [5.41, 5.74) is 1.76. The lowest BCUT2D eigenvalue weighted by Crippen LogP contribution is -2.40. The molecule has 1 unspecified atom stereocenters. The average molecular weight is 317 g/mol. The van der Waals surface area contributed by atoms with Crippen LogP contribution in [-0.2, 0) is 4.79 Å². The van der Waals surface area contributed by atoms with Gasteiger partial charge in [-0.1, -0.05) is 0 Å². The minimum Gasteiger partial charge on any atom is -0.497 e. The molecule has 1 aromatic heterocycles. The summed E-state index contributed by atoms with van der Waals surface area (Å²) < 4.78 is 6.74. The molecule has 1 aromatic carbocycles. The van der Waals surface area contributed by atoms with Crippen molar-refractivity contribution < 1.29 is 19.4 Å². The van der Waals surface area contributed by atoms with Gasteiger partial charge in [-0.25, -0.2) is 9.48 Å². The third-order valence-corrected chi connectivity index (χ3v) is 3.68. The van der Waals surface area contributed by atoms with Gasteiger partial charge in [0.25, 0.3) is 5.91 Å². The topological polar surface area (TPSA) is 84.7 Å². The Morgan fingerprint density at radius 2 is 1.91 bits per heavy atom. The van der Waals surface area contributed by atoms with Crippen molar-refractivity contribution in [3.05, 3.63) is 41.7 Å². The highest BCUT2D eigenvalue weighted by Gasteiger charge is 2.25. The first kappa shape index (κ1) is 16.5. The standard InChI is InChI=1S/C16H19N3O4/c1-10-9-14(15(20)18(3)11(2)16(21)22)17-19(10)12-5-7-13(23-4)8-6-12/h5-9,11H,1-4H3,(H,21,22). The van der Waals surface area contributed by atoms with Crippen LogP contribution in [0, 0.1) is 6.92 Å². The van der Waals surface area contributed by atoms with Crippen LogP contribution in [0.2, 0.25) is 0 Å². The number of methoxy groups -OCH3 is 1. The molecule has 1 amide bonds. The lowest BCUT2D eigenvalue weighted by molar-refractivity contribution is -0.141. The highest BCUT2D eigenvalue weighted by molar-refractivity contribution is 5.94. The number of hydrogen-bond donors (Lipinski definition) is 1. The lowest BCUT2D eigenvalue weighted by atomic mass is 10.2. The number of amides is 1. The number of hydrogen-bond acceptors (Lipinski definition) is 4. The molecule has 0 aliphatic rings. The number of rotatable bonds is 5. The number of carbonyl (C=O) groups is 2. The molecular weight excluding hydrogens is 298 g/mol. The van der Waals surface area contributed by atoms with Crippen LogP contribution in [0.5, 0.6) is 5.75 Å². The van der Waals surface area contributed by atoms with E-state index >= 15 is 0 Å². The number of carbonyl (C=O) groups excluding carboxylic acids is 1. The van der Waals surface area contributed by atoms with Crippen molar-refractivity contribution in [3.8, 4) is 11.4 Å². The summed E-state index contributed by atoms with van der Waals surface area (Å²) in [6, 6.07) is 7.98. The second-order valence-electron chi connectivity index (χ2n) is 5.21. The van der Waals surface area contributed by atoms with Crippen LogP contribution in [0.1, 0.15) is 23.1 Å². The molecule has 0 saturated carbocycles. The van der Waals surface area contributed by atoms with E-state index in [0.29, 0.717) is 0 Å². The molecular formula is C16H19N3O4. The van der Waals surface area contributed by atoms with Gasteiger partial charge in [0.1, 0.15) is 11.8 Å². The Kier molecular flexibility index (Phi) is 4.68. The molecule has 0 saturated heterocycles. The van der Waals surface area contributed by atoms with Gasteiger partial charge in [0.15, 0.2) is 5.69 Å². The van der Waals surface area contributed by atoms with Crippen molar-refractivity contribution in [1.29, 1.82) is 0 Å². The van der Waals surface area contributed by atoms with Crippen molar-refractivity contribution in [1.82, 2.24) is 14.7 Å². The van der Waals surface area contributed by atoms with Crippen LogP contribution >= 0.6 is 0 Å². The highest BCUT2D eigenvalue weighted by atomic mass is 16.5. The van der Waals surface area contributed by atoms with E-state index in [1.165, 1.54) is 14.0 Å². The molecule has 1 atom stereocenters. The summed E-state index contributed by atoms with van der Waals surface area (Å²) in [6.45, 7) is 3.28. The predicted molar refractivity (Wildman–Crippen MR) is 84.0 cm³/mol. The fraction of sp³-hybridized carbons (Fsp3) is 0.312. The molecule has 0 spiro atoms. The number of likely N-dealkylation sites (N-methyl/N-ethyl adjacent to an activating group) is 1. The number of carboxylic acids is 1. The molecule has 7 nitrogen and oxygen atoms in total. The van der Waals surface area contributed by atoms with Crippen molar-refractivity contribution in [2.75, 3.05) is 14.2 Å². The Hall–Kier alpha value is -2.83. The molecule has 7 heteroatoms. The number of ether oxygens (including phenoxy) is 1. The first-order valence-corrected chi connectivity index (χ1v) is 7.06. The maximum atomic E-state index is 12.4. The SMILES string of the molecule is COc1ccc(-n2nc(C(=O)N(C)C(C)C(=O)O)cc2C)cc1. The van der Waals surface area contributed by atoms with E-state index in [4.69, 9.17) is 9.84 Å². The summed E-state index contributed by atoms with van der Waals surface area (Å²) in [5, 5.41) is 13.3. The smallest absolute Gasteiger partial charge is 0.326 e. The molecule has 122 valence electrons. The van der Waals surface area contributed by atoms with Crippen molar-refractivity contribution in [3.63, 3.8) is 0 Å². The lowest BCUT2D eigenvalue weighted by Gasteiger charge is -2.20. The fourth-order valence-corrected chi connectivity index (χ4v) is 2.09. The van der Waals surface area contributed by atoms with Crippen molar-refractivity contribution in [2.24, 2.45) is 0 Å². The normalized spacial score (nSPS) is 11.8. The number of aryl methyl sites for hydroxylation is 1. The van der Waals surface area contributed by atoms with Crippen LogP contribution in [0.3, 0.4) is 0 Å². The Balaban J connectivity index is 2.29. The molecule has 0 fully saturated rings. The van der Waals surface area contributed by atoms with E-state index < -0.39 is 17.9 Å². The van der Waals surface area contributed by atoms with Gasteiger partial charge in [0, 0.05) is 12.7 Å². The van der Waals surface area contributed by atoms with Crippen LogP contribution in [-0.4, -0.2) is 51.9 Å². The van der Waals surface area contributed by atoms with Gasteiger partial charge in [-0.3, -0.25) is 4.79 Å². The molecule has 23 heavy (non-hydrogen) atoms. The molecule has 1 heterocycles. The second kappa shape index (κ2) is 6.51. The number of aromatic nitrogens is 2. The Bertz CT molecular complexity index is 721. The number of aliphatic carboxylic acids is 1. The van der Waals surface area contributed by atoms with E-state index in [1.807, 2.05) is 19.1 Å². The Morgan fingerprint density at radius 1 is 1.30 bits per heavy atom. The van der Waals surface area contributed by atoms with Crippen LogP contribution < -0.4 is 4.74 Å². The van der Waals surface area contributed by atoms with Gasteiger partial charge in [0.05, 0.1) is 12.8 Å². The van der Waals surface area contributed by atoms with Gasteiger partial charge in [-0.15, -0.1) is 0 Å². The Labute approximate surface area is 134 Å². The molecule has 1 N–H and O–H groups in total. The van der Waals surface area contributed by atoms with Crippen LogP contribution in [0.4, 0.5) is 0 Å². The predicted octanol–water partition coefficient (Wildman–Crippen LogP) is 1.73. The largest absolute Gasteiger partial charge is 0.497 e. The first-order chi connectivity index (χ1) is 10.8. The highest BCUT2D eigenvalue weighted by Crippen LogP contribution is 2.17. The maximum absolute atomic E-state index is 12.4. The van der Waals surface area contributed by atoms with Crippen molar-refractivity contribution >= 4 is 11.9 Å².